The molecule has 2 aromatic heterocycles. The minimum absolute atomic E-state index is 0.00987. The van der Waals surface area contributed by atoms with Crippen LogP contribution in [0.5, 0.6) is 0 Å². The van der Waals surface area contributed by atoms with Crippen LogP contribution in [0.25, 0.3) is 5.52 Å². The van der Waals surface area contributed by atoms with Crippen molar-refractivity contribution in [2.24, 2.45) is 11.8 Å². The number of esters is 3. The predicted molar refractivity (Wildman–Crippen MR) is 164 cm³/mol. The van der Waals surface area contributed by atoms with E-state index in [1.54, 1.807) is 53.7 Å². The summed E-state index contributed by atoms with van der Waals surface area (Å²) < 4.78 is 54.8. The molecular weight excluding hydrogens is 639 g/mol. The van der Waals surface area contributed by atoms with Gasteiger partial charge in [0.2, 0.25) is 5.60 Å². The zero-order valence-corrected chi connectivity index (χ0v) is 28.6. The van der Waals surface area contributed by atoms with Crippen molar-refractivity contribution < 1.29 is 51.7 Å². The summed E-state index contributed by atoms with van der Waals surface area (Å²) in [5.74, 6) is -3.28. The molecule has 1 aliphatic heterocycles. The zero-order valence-electron chi connectivity index (χ0n) is 27.7. The molecule has 0 saturated carbocycles. The van der Waals surface area contributed by atoms with Crippen LogP contribution in [0.1, 0.15) is 60.3 Å². The maximum atomic E-state index is 14.0. The van der Waals surface area contributed by atoms with Gasteiger partial charge in [0.15, 0.2) is 18.0 Å². The molecule has 1 fully saturated rings. The average molecular weight is 683 g/mol. The number of hydrogen-bond acceptors (Lipinski definition) is 15. The molecule has 3 heterocycles. The fourth-order valence-electron chi connectivity index (χ4n) is 4.42. The van der Waals surface area contributed by atoms with Gasteiger partial charge in [-0.05, 0) is 32.9 Å². The lowest BCUT2D eigenvalue weighted by molar-refractivity contribution is -0.173. The van der Waals surface area contributed by atoms with E-state index >= 15 is 0 Å². The second kappa shape index (κ2) is 16.0. The van der Waals surface area contributed by atoms with Crippen LogP contribution in [0, 0.1) is 23.2 Å². The van der Waals surface area contributed by atoms with E-state index in [-0.39, 0.29) is 24.7 Å². The van der Waals surface area contributed by atoms with Gasteiger partial charge in [0.05, 0.1) is 36.8 Å². The van der Waals surface area contributed by atoms with Crippen molar-refractivity contribution in [1.82, 2.24) is 19.7 Å². The molecule has 18 heteroatoms. The maximum absolute atomic E-state index is 14.0. The summed E-state index contributed by atoms with van der Waals surface area (Å²) in [5.41, 5.74) is 4.47. The van der Waals surface area contributed by atoms with Crippen LogP contribution in [0.2, 0.25) is 0 Å². The summed E-state index contributed by atoms with van der Waals surface area (Å²) >= 11 is 0. The summed E-state index contributed by atoms with van der Waals surface area (Å²) in [6.07, 6.45) is -3.54. The first-order valence-electron chi connectivity index (χ1n) is 15.0. The van der Waals surface area contributed by atoms with Crippen molar-refractivity contribution in [2.75, 3.05) is 32.7 Å². The van der Waals surface area contributed by atoms with Gasteiger partial charge in [-0.2, -0.15) is 10.4 Å². The summed E-state index contributed by atoms with van der Waals surface area (Å²) in [4.78, 5) is 42.6. The van der Waals surface area contributed by atoms with Crippen molar-refractivity contribution in [3.8, 4) is 6.07 Å². The van der Waals surface area contributed by atoms with Crippen LogP contribution >= 0.6 is 7.75 Å². The van der Waals surface area contributed by atoms with Crippen LogP contribution in [-0.4, -0.2) is 89.4 Å². The third-order valence-electron chi connectivity index (χ3n) is 6.88. The number of hydrogen-bond donors (Lipinski definition) is 2. The van der Waals surface area contributed by atoms with Crippen LogP contribution in [0.4, 0.5) is 5.82 Å². The minimum atomic E-state index is -4.43. The monoisotopic (exact) mass is 682 g/mol. The number of nitrogens with zero attached hydrogens (tertiary/aromatic N) is 4. The fraction of sp³-hybridized carbons (Fsp3) is 0.655. The van der Waals surface area contributed by atoms with E-state index in [1.807, 2.05) is 6.07 Å². The first-order valence-corrected chi connectivity index (χ1v) is 16.6. The predicted octanol–water partition coefficient (Wildman–Crippen LogP) is 2.50. The van der Waals surface area contributed by atoms with Crippen molar-refractivity contribution in [2.45, 2.75) is 84.5 Å². The molecule has 1 aliphatic rings. The molecule has 1 saturated heterocycles. The van der Waals surface area contributed by atoms with Gasteiger partial charge in [0.1, 0.15) is 36.7 Å². The smallest absolute Gasteiger partial charge is 0.406 e. The van der Waals surface area contributed by atoms with Gasteiger partial charge in [-0.25, -0.2) is 19.2 Å². The number of rotatable bonds is 16. The normalized spacial score (nSPS) is 23.1. The molecule has 0 radical (unpaired) electrons. The van der Waals surface area contributed by atoms with Gasteiger partial charge >= 0.3 is 25.7 Å². The van der Waals surface area contributed by atoms with E-state index in [9.17, 15) is 24.2 Å². The Morgan fingerprint density at radius 1 is 1.06 bits per heavy atom. The van der Waals surface area contributed by atoms with Crippen molar-refractivity contribution in [3.63, 3.8) is 0 Å². The Morgan fingerprint density at radius 2 is 1.72 bits per heavy atom. The molecule has 0 spiro atoms. The molecule has 0 amide bonds. The molecular formula is C29H43N6O11P. The van der Waals surface area contributed by atoms with Gasteiger partial charge in [-0.1, -0.05) is 27.7 Å². The Morgan fingerprint density at radius 3 is 2.32 bits per heavy atom. The number of ether oxygens (including phenoxy) is 5. The Hall–Kier alpha value is -3.65. The third-order valence-corrected chi connectivity index (χ3v) is 8.57. The van der Waals surface area contributed by atoms with Crippen LogP contribution < -0.4 is 10.8 Å². The van der Waals surface area contributed by atoms with Gasteiger partial charge in [-0.3, -0.25) is 23.4 Å². The number of nitrogens with two attached hydrogens (primary N) is 1. The van der Waals surface area contributed by atoms with Crippen LogP contribution in [-0.2, 0) is 51.7 Å². The molecule has 1 unspecified atom stereocenters. The summed E-state index contributed by atoms with van der Waals surface area (Å²) in [7, 11) is -3.03. The second-order valence-corrected chi connectivity index (χ2v) is 13.5. The maximum Gasteiger partial charge on any atom is 0.406 e. The molecule has 0 bridgehead atoms. The second-order valence-electron chi connectivity index (χ2n) is 11.7. The Balaban J connectivity index is 2.10. The Bertz CT molecular complexity index is 1510. The Kier molecular flexibility index (Phi) is 12.8. The van der Waals surface area contributed by atoms with E-state index < -0.39 is 80.2 Å². The number of nitrogens with one attached hydrogen (secondary N) is 1. The number of fused-ring (bicyclic) bond motifs is 1. The van der Waals surface area contributed by atoms with Gasteiger partial charge in [0.25, 0.3) is 0 Å². The van der Waals surface area contributed by atoms with E-state index in [0.29, 0.717) is 5.52 Å². The molecule has 0 aromatic carbocycles. The van der Waals surface area contributed by atoms with E-state index in [4.69, 9.17) is 38.5 Å². The first kappa shape index (κ1) is 37.8. The summed E-state index contributed by atoms with van der Waals surface area (Å²) in [6, 6.07) is 4.01. The van der Waals surface area contributed by atoms with E-state index in [2.05, 4.69) is 15.2 Å². The molecule has 6 atom stereocenters. The SMILES string of the molecule is COCCOP(=O)(N[C@@H](C)C(=O)OC(C)C)OC[C@@]1(C#N)O[C@@H](c2ccc3c(N)ncnn23)[C@H](OC(=O)C(C)C)[C@@H]1OC(=O)C(C)C. The number of methoxy groups -OCH3 is 1. The lowest BCUT2D eigenvalue weighted by Gasteiger charge is -2.31. The highest BCUT2D eigenvalue weighted by atomic mass is 31.2. The van der Waals surface area contributed by atoms with Gasteiger partial charge < -0.3 is 29.4 Å². The average Bonchev–Trinajstić information content (AvgIpc) is 3.56. The summed E-state index contributed by atoms with van der Waals surface area (Å²) in [6.45, 7) is 10.00. The van der Waals surface area contributed by atoms with Crippen LogP contribution in [0.3, 0.4) is 0 Å². The minimum Gasteiger partial charge on any atom is -0.462 e. The number of nitrogen functional groups attached to an aromatic ring is 1. The van der Waals surface area contributed by atoms with Gasteiger partial charge in [0, 0.05) is 7.11 Å². The number of anilines is 1. The lowest BCUT2D eigenvalue weighted by Crippen LogP contribution is -2.50. The van der Waals surface area contributed by atoms with Crippen molar-refractivity contribution in [1.29, 1.82) is 5.26 Å². The molecule has 3 N–H and O–H groups in total. The third kappa shape index (κ3) is 9.04. The lowest BCUT2D eigenvalue weighted by atomic mass is 9.95. The molecule has 17 nitrogen and oxygen atoms in total. The standard InChI is InChI=1S/C29H43N6O11P/c1-16(2)26(36)44-23-22(20-9-10-21-25(31)32-15-33-35(20)21)46-29(13-30,24(23)45-27(37)17(3)4)14-42-47(39,41-12-11-40-8)34-19(7)28(38)43-18(5)6/h9-10,15-19,22-24H,11-12,14H2,1-8H3,(H,34,39)(H2,31,32,33)/t19-,22-,23-,24-,29+,47?/m0/s1. The number of aromatic nitrogens is 3. The number of carbonyl (C=O) groups is 3. The quantitative estimate of drug-likeness (QED) is 0.112. The van der Waals surface area contributed by atoms with Crippen LogP contribution in [0.15, 0.2) is 18.5 Å². The first-order chi connectivity index (χ1) is 22.1. The molecule has 2 aromatic rings. The summed E-state index contributed by atoms with van der Waals surface area (Å²) in [5, 5.41) is 17.4. The highest BCUT2D eigenvalue weighted by molar-refractivity contribution is 7.51. The fourth-order valence-corrected chi connectivity index (χ4v) is 5.90. The topological polar surface area (TPSA) is 225 Å². The molecule has 3 rings (SSSR count). The van der Waals surface area contributed by atoms with Gasteiger partial charge in [-0.15, -0.1) is 0 Å². The molecule has 0 aliphatic carbocycles. The highest BCUT2D eigenvalue weighted by Crippen LogP contribution is 2.50. The van der Waals surface area contributed by atoms with Crippen molar-refractivity contribution >= 4 is 37.0 Å². The van der Waals surface area contributed by atoms with Crippen molar-refractivity contribution in [3.05, 3.63) is 24.2 Å². The number of carbonyl (C=O) groups excluding carboxylic acids is 3. The molecule has 47 heavy (non-hydrogen) atoms. The highest BCUT2D eigenvalue weighted by Gasteiger charge is 2.62. The zero-order chi connectivity index (χ0) is 35.1. The largest absolute Gasteiger partial charge is 0.462 e. The molecule has 260 valence electrons. The van der Waals surface area contributed by atoms with E-state index in [1.165, 1.54) is 24.9 Å². The van der Waals surface area contributed by atoms with E-state index in [0.717, 1.165) is 0 Å². The number of nitriles is 1. The Labute approximate surface area is 272 Å².